The maximum Gasteiger partial charge on any atom is 0.407 e. The summed E-state index contributed by atoms with van der Waals surface area (Å²) >= 11 is 0. The molecule has 4 atom stereocenters. The minimum absolute atomic E-state index is 0.113. The second-order valence-electron chi connectivity index (χ2n) is 16.1. The van der Waals surface area contributed by atoms with Crippen LogP contribution in [0.25, 0.3) is 44.7 Å². The fourth-order valence-electron chi connectivity index (χ4n) is 8.52. The van der Waals surface area contributed by atoms with Crippen LogP contribution in [-0.4, -0.2) is 91.4 Å². The molecule has 15 nitrogen and oxygen atoms in total. The van der Waals surface area contributed by atoms with Gasteiger partial charge < -0.3 is 40.5 Å². The SMILES string of the molecule is CCNC(=O)N[C@@H](C(=O)N1CCC[C@H]1c1ncc(-c2ccc(-c3ccc4cc(-c5c[nH]c([C@@H]6CCCN6C(=O)[C@@H](NC(=O)OC)C(C)C)n5)ccc4n3)cc2)[nH]1)c1ccccc1. The van der Waals surface area contributed by atoms with Crippen LogP contribution in [0.5, 0.6) is 0 Å². The summed E-state index contributed by atoms with van der Waals surface area (Å²) in [6.45, 7) is 7.24. The van der Waals surface area contributed by atoms with Gasteiger partial charge in [0.1, 0.15) is 23.7 Å². The first-order valence-corrected chi connectivity index (χ1v) is 21.3. The largest absolute Gasteiger partial charge is 0.453 e. The second kappa shape index (κ2) is 18.3. The van der Waals surface area contributed by atoms with Crippen molar-refractivity contribution < 1.29 is 23.9 Å². The molecule has 5 amide bonds. The lowest BCUT2D eigenvalue weighted by Gasteiger charge is -2.29. The Morgan fingerprint density at radius 1 is 0.790 bits per heavy atom. The fraction of sp³-hybridized carbons (Fsp3) is 0.340. The van der Waals surface area contributed by atoms with Crippen LogP contribution < -0.4 is 16.0 Å². The van der Waals surface area contributed by atoms with Crippen molar-refractivity contribution in [1.29, 1.82) is 0 Å². The number of hydrogen-bond donors (Lipinski definition) is 5. The molecule has 5 heterocycles. The minimum atomic E-state index is -0.822. The van der Waals surface area contributed by atoms with E-state index in [1.807, 2.05) is 105 Å². The number of nitrogens with one attached hydrogen (secondary N) is 5. The van der Waals surface area contributed by atoms with Crippen molar-refractivity contribution in [3.63, 3.8) is 0 Å². The number of methoxy groups -OCH3 is 1. The third kappa shape index (κ3) is 8.74. The van der Waals surface area contributed by atoms with E-state index in [0.29, 0.717) is 31.3 Å². The number of aromatic amines is 2. The van der Waals surface area contributed by atoms with Gasteiger partial charge in [0.25, 0.3) is 0 Å². The molecule has 8 rings (SSSR count). The molecule has 0 radical (unpaired) electrons. The number of aromatic nitrogens is 5. The zero-order valence-corrected chi connectivity index (χ0v) is 35.4. The van der Waals surface area contributed by atoms with Crippen molar-refractivity contribution in [3.8, 4) is 33.8 Å². The molecule has 2 saturated heterocycles. The molecule has 15 heteroatoms. The number of H-pyrrole nitrogens is 2. The number of nitrogens with zero attached hydrogens (tertiary/aromatic N) is 5. The van der Waals surface area contributed by atoms with E-state index in [4.69, 9.17) is 19.7 Å². The fourth-order valence-corrected chi connectivity index (χ4v) is 8.52. The van der Waals surface area contributed by atoms with Gasteiger partial charge in [-0.15, -0.1) is 0 Å². The molecule has 2 aliphatic rings. The number of hydrogen-bond acceptors (Lipinski definition) is 8. The zero-order chi connectivity index (χ0) is 43.3. The first-order chi connectivity index (χ1) is 30.1. The Morgan fingerprint density at radius 2 is 1.48 bits per heavy atom. The van der Waals surface area contributed by atoms with Crippen LogP contribution in [0.3, 0.4) is 0 Å². The standard InChI is InChI=1S/C47H52N10O5/c1-5-48-46(60)54-41(31-11-7-6-8-12-31)45(59)57-24-10-14-39(57)42-49-26-36(52-42)30-17-15-29(16-18-30)34-21-19-32-25-33(20-22-35(32)51-34)37-27-50-43(53-37)38-13-9-23-56(38)44(58)40(28(2)3)55-47(61)62-4/h6-8,11-12,15-22,25-28,38-41H,5,9-10,13-14,23-24H2,1-4H3,(H,49,52)(H,50,53)(H,55,61)(H2,48,54,60)/t38-,39-,40-,41+/m0/s1. The van der Waals surface area contributed by atoms with Crippen molar-refractivity contribution in [2.75, 3.05) is 26.7 Å². The van der Waals surface area contributed by atoms with Gasteiger partial charge in [-0.2, -0.15) is 0 Å². The van der Waals surface area contributed by atoms with Crippen molar-refractivity contribution in [1.82, 2.24) is 50.7 Å². The van der Waals surface area contributed by atoms with Gasteiger partial charge in [0.15, 0.2) is 0 Å². The van der Waals surface area contributed by atoms with Crippen LogP contribution in [0.4, 0.5) is 9.59 Å². The normalized spacial score (nSPS) is 17.2. The summed E-state index contributed by atoms with van der Waals surface area (Å²) in [5, 5.41) is 9.28. The molecule has 3 aromatic heterocycles. The highest BCUT2D eigenvalue weighted by atomic mass is 16.5. The van der Waals surface area contributed by atoms with Crippen molar-refractivity contribution in [3.05, 3.63) is 115 Å². The summed E-state index contributed by atoms with van der Waals surface area (Å²) in [7, 11) is 1.29. The Balaban J connectivity index is 0.940. The number of urea groups is 1. The van der Waals surface area contributed by atoms with E-state index in [0.717, 1.165) is 75.9 Å². The van der Waals surface area contributed by atoms with Gasteiger partial charge in [0.2, 0.25) is 11.8 Å². The van der Waals surface area contributed by atoms with Crippen LogP contribution in [-0.2, 0) is 14.3 Å². The number of ether oxygens (including phenoxy) is 1. The molecule has 62 heavy (non-hydrogen) atoms. The van der Waals surface area contributed by atoms with Crippen molar-refractivity contribution in [2.24, 2.45) is 5.92 Å². The maximum atomic E-state index is 14.0. The van der Waals surface area contributed by atoms with E-state index in [9.17, 15) is 19.2 Å². The number of rotatable bonds is 12. The van der Waals surface area contributed by atoms with E-state index < -0.39 is 18.2 Å². The molecule has 3 aromatic carbocycles. The van der Waals surface area contributed by atoms with Gasteiger partial charge in [0.05, 0.1) is 48.0 Å². The zero-order valence-electron chi connectivity index (χ0n) is 35.4. The van der Waals surface area contributed by atoms with Crippen LogP contribution in [0.1, 0.15) is 81.8 Å². The molecule has 0 aliphatic carbocycles. The maximum absolute atomic E-state index is 14.0. The Bertz CT molecular complexity index is 2550. The van der Waals surface area contributed by atoms with Gasteiger partial charge >= 0.3 is 12.1 Å². The molecule has 6 aromatic rings. The number of benzene rings is 3. The molecule has 2 aliphatic heterocycles. The topological polar surface area (TPSA) is 190 Å². The van der Waals surface area contributed by atoms with Crippen molar-refractivity contribution in [2.45, 2.75) is 70.6 Å². The number of fused-ring (bicyclic) bond motifs is 1. The summed E-state index contributed by atoms with van der Waals surface area (Å²) in [6.07, 6.45) is 6.25. The minimum Gasteiger partial charge on any atom is -0.453 e. The molecule has 320 valence electrons. The number of pyridine rings is 1. The van der Waals surface area contributed by atoms with E-state index in [1.165, 1.54) is 7.11 Å². The third-order valence-corrected chi connectivity index (χ3v) is 11.8. The number of carbonyl (C=O) groups excluding carboxylic acids is 4. The second-order valence-corrected chi connectivity index (χ2v) is 16.1. The molecule has 0 saturated carbocycles. The molecule has 0 spiro atoms. The molecular weight excluding hydrogens is 785 g/mol. The van der Waals surface area contributed by atoms with Gasteiger partial charge in [-0.1, -0.05) is 80.6 Å². The number of carbonyl (C=O) groups is 4. The Kier molecular flexibility index (Phi) is 12.3. The molecular formula is C47H52N10O5. The highest BCUT2D eigenvalue weighted by molar-refractivity contribution is 5.89. The molecule has 5 N–H and O–H groups in total. The Morgan fingerprint density at radius 3 is 2.19 bits per heavy atom. The first kappa shape index (κ1) is 41.7. The van der Waals surface area contributed by atoms with Crippen LogP contribution >= 0.6 is 0 Å². The van der Waals surface area contributed by atoms with E-state index in [1.54, 1.807) is 11.1 Å². The van der Waals surface area contributed by atoms with Crippen LogP contribution in [0, 0.1) is 5.92 Å². The van der Waals surface area contributed by atoms with Gasteiger partial charge in [0, 0.05) is 42.3 Å². The van der Waals surface area contributed by atoms with Crippen LogP contribution in [0.2, 0.25) is 0 Å². The highest BCUT2D eigenvalue weighted by Crippen LogP contribution is 2.36. The summed E-state index contributed by atoms with van der Waals surface area (Å²) < 4.78 is 4.77. The Hall–Kier alpha value is -7.03. The van der Waals surface area contributed by atoms with Gasteiger partial charge in [-0.25, -0.2) is 24.5 Å². The lowest BCUT2D eigenvalue weighted by atomic mass is 10.0. The van der Waals surface area contributed by atoms with Gasteiger partial charge in [-0.05, 0) is 67.9 Å². The van der Waals surface area contributed by atoms with E-state index in [2.05, 4.69) is 38.1 Å². The highest BCUT2D eigenvalue weighted by Gasteiger charge is 2.38. The molecule has 2 fully saturated rings. The summed E-state index contributed by atoms with van der Waals surface area (Å²) in [5.74, 6) is 0.993. The average Bonchev–Trinajstić information content (AvgIpc) is 4.14. The molecule has 0 bridgehead atoms. The summed E-state index contributed by atoms with van der Waals surface area (Å²) in [5.41, 5.74) is 6.87. The number of imidazole rings is 2. The van der Waals surface area contributed by atoms with E-state index >= 15 is 0 Å². The Labute approximate surface area is 360 Å². The number of amides is 5. The quantitative estimate of drug-likeness (QED) is 0.0840. The van der Waals surface area contributed by atoms with E-state index in [-0.39, 0.29) is 35.8 Å². The predicted molar refractivity (Wildman–Crippen MR) is 235 cm³/mol. The summed E-state index contributed by atoms with van der Waals surface area (Å²) in [4.78, 5) is 77.2. The lowest BCUT2D eigenvalue weighted by molar-refractivity contribution is -0.135. The lowest BCUT2D eigenvalue weighted by Crippen LogP contribution is -2.51. The average molecular weight is 837 g/mol. The predicted octanol–water partition coefficient (Wildman–Crippen LogP) is 7.45. The first-order valence-electron chi connectivity index (χ1n) is 21.3. The summed E-state index contributed by atoms with van der Waals surface area (Å²) in [6, 6.07) is 25.2. The smallest absolute Gasteiger partial charge is 0.407 e. The molecule has 0 unspecified atom stereocenters. The monoisotopic (exact) mass is 836 g/mol. The number of likely N-dealkylation sites (tertiary alicyclic amines) is 2. The number of alkyl carbamates (subject to hydrolysis) is 1. The van der Waals surface area contributed by atoms with Crippen molar-refractivity contribution >= 4 is 34.8 Å². The van der Waals surface area contributed by atoms with Gasteiger partial charge in [-0.3, -0.25) is 9.59 Å². The van der Waals surface area contributed by atoms with Crippen LogP contribution in [0.15, 0.2) is 97.3 Å². The third-order valence-electron chi connectivity index (χ3n) is 11.8.